The molecule has 116 valence electrons. The molecule has 2 aromatic carbocycles. The van der Waals surface area contributed by atoms with Crippen LogP contribution in [0.5, 0.6) is 0 Å². The Morgan fingerprint density at radius 1 is 1.14 bits per heavy atom. The van der Waals surface area contributed by atoms with Crippen LogP contribution in [0.1, 0.15) is 35.3 Å². The lowest BCUT2D eigenvalue weighted by molar-refractivity contribution is 0.0378. The number of carbonyl (C=O) groups excluding carboxylic acids is 1. The highest BCUT2D eigenvalue weighted by atomic mass is 16.5. The Bertz CT molecular complexity index is 693. The Labute approximate surface area is 131 Å². The van der Waals surface area contributed by atoms with Gasteiger partial charge in [-0.05, 0) is 63.1 Å². The standard InChI is InChI=1S/C18H22N2O2/c1-11(2)22-18(21)14-8-9-17(15(19)10-14)20-16-7-5-6-12(3)13(16)4/h5-11,20H,19H2,1-4H3. The van der Waals surface area contributed by atoms with E-state index in [1.54, 1.807) is 18.2 Å². The van der Waals surface area contributed by atoms with Crippen LogP contribution in [0.25, 0.3) is 0 Å². The molecular weight excluding hydrogens is 276 g/mol. The third kappa shape index (κ3) is 3.58. The third-order valence-electron chi connectivity index (χ3n) is 3.50. The molecule has 0 aliphatic carbocycles. The van der Waals surface area contributed by atoms with Gasteiger partial charge < -0.3 is 15.8 Å². The maximum absolute atomic E-state index is 11.9. The Kier molecular flexibility index (Phi) is 4.71. The number of hydrogen-bond donors (Lipinski definition) is 2. The Hall–Kier alpha value is -2.49. The molecule has 0 bridgehead atoms. The van der Waals surface area contributed by atoms with E-state index in [2.05, 4.69) is 25.2 Å². The van der Waals surface area contributed by atoms with Gasteiger partial charge in [-0.25, -0.2) is 4.79 Å². The van der Waals surface area contributed by atoms with Crippen molar-refractivity contribution < 1.29 is 9.53 Å². The van der Waals surface area contributed by atoms with Crippen LogP contribution in [0.2, 0.25) is 0 Å². The van der Waals surface area contributed by atoms with Gasteiger partial charge in [-0.3, -0.25) is 0 Å². The number of esters is 1. The van der Waals surface area contributed by atoms with Crippen LogP contribution in [0.3, 0.4) is 0 Å². The number of nitrogens with one attached hydrogen (secondary N) is 1. The Morgan fingerprint density at radius 3 is 2.50 bits per heavy atom. The van der Waals surface area contributed by atoms with Crippen molar-refractivity contribution in [2.75, 3.05) is 11.1 Å². The van der Waals surface area contributed by atoms with Gasteiger partial charge >= 0.3 is 5.97 Å². The monoisotopic (exact) mass is 298 g/mol. The van der Waals surface area contributed by atoms with E-state index < -0.39 is 0 Å². The predicted molar refractivity (Wildman–Crippen MR) is 90.6 cm³/mol. The van der Waals surface area contributed by atoms with Crippen LogP contribution in [-0.2, 0) is 4.74 Å². The number of nitrogen functional groups attached to an aromatic ring is 1. The van der Waals surface area contributed by atoms with E-state index >= 15 is 0 Å². The van der Waals surface area contributed by atoms with Gasteiger partial charge in [-0.1, -0.05) is 12.1 Å². The van der Waals surface area contributed by atoms with Gasteiger partial charge in [0.1, 0.15) is 0 Å². The fourth-order valence-electron chi connectivity index (χ4n) is 2.12. The Balaban J connectivity index is 2.23. The second-order valence-electron chi connectivity index (χ2n) is 5.63. The normalized spacial score (nSPS) is 10.6. The van der Waals surface area contributed by atoms with Crippen molar-refractivity contribution in [3.05, 3.63) is 53.1 Å². The van der Waals surface area contributed by atoms with E-state index in [1.807, 2.05) is 26.0 Å². The zero-order valence-corrected chi connectivity index (χ0v) is 13.4. The largest absolute Gasteiger partial charge is 0.459 e. The summed E-state index contributed by atoms with van der Waals surface area (Å²) in [5, 5.41) is 3.31. The summed E-state index contributed by atoms with van der Waals surface area (Å²) in [5.41, 5.74) is 11.2. The molecule has 0 amide bonds. The van der Waals surface area contributed by atoms with Crippen molar-refractivity contribution in [2.24, 2.45) is 0 Å². The maximum atomic E-state index is 11.9. The highest BCUT2D eigenvalue weighted by molar-refractivity contribution is 5.92. The van der Waals surface area contributed by atoms with E-state index in [0.29, 0.717) is 11.3 Å². The van der Waals surface area contributed by atoms with Crippen LogP contribution in [0.15, 0.2) is 36.4 Å². The number of anilines is 3. The molecule has 2 rings (SSSR count). The minimum Gasteiger partial charge on any atom is -0.459 e. The van der Waals surface area contributed by atoms with E-state index in [9.17, 15) is 4.79 Å². The summed E-state index contributed by atoms with van der Waals surface area (Å²) in [6.45, 7) is 7.76. The lowest BCUT2D eigenvalue weighted by Crippen LogP contribution is -2.12. The van der Waals surface area contributed by atoms with Gasteiger partial charge in [-0.15, -0.1) is 0 Å². The predicted octanol–water partition coefficient (Wildman–Crippen LogP) is 4.19. The molecule has 0 radical (unpaired) electrons. The van der Waals surface area contributed by atoms with Crippen LogP contribution in [0.4, 0.5) is 17.1 Å². The first-order valence-corrected chi connectivity index (χ1v) is 7.32. The van der Waals surface area contributed by atoms with Crippen LogP contribution in [-0.4, -0.2) is 12.1 Å². The second kappa shape index (κ2) is 6.52. The first kappa shape index (κ1) is 15.9. The Morgan fingerprint density at radius 2 is 1.86 bits per heavy atom. The van der Waals surface area contributed by atoms with Gasteiger partial charge in [0.2, 0.25) is 0 Å². The summed E-state index contributed by atoms with van der Waals surface area (Å²) in [4.78, 5) is 11.9. The number of carbonyl (C=O) groups is 1. The highest BCUT2D eigenvalue weighted by Gasteiger charge is 2.11. The number of benzene rings is 2. The van der Waals surface area contributed by atoms with E-state index in [1.165, 1.54) is 11.1 Å². The molecule has 0 aliphatic rings. The van der Waals surface area contributed by atoms with Gasteiger partial charge in [0, 0.05) is 5.69 Å². The highest BCUT2D eigenvalue weighted by Crippen LogP contribution is 2.27. The molecule has 0 unspecified atom stereocenters. The molecule has 4 heteroatoms. The number of nitrogens with two attached hydrogens (primary N) is 1. The molecule has 3 N–H and O–H groups in total. The molecule has 0 saturated heterocycles. The van der Waals surface area contributed by atoms with Crippen molar-refractivity contribution in [3.63, 3.8) is 0 Å². The SMILES string of the molecule is Cc1cccc(Nc2ccc(C(=O)OC(C)C)cc2N)c1C. The molecule has 4 nitrogen and oxygen atoms in total. The molecule has 22 heavy (non-hydrogen) atoms. The molecule has 0 aliphatic heterocycles. The van der Waals surface area contributed by atoms with Gasteiger partial charge in [0.25, 0.3) is 0 Å². The van der Waals surface area contributed by atoms with Crippen molar-refractivity contribution in [2.45, 2.75) is 33.8 Å². The zero-order valence-electron chi connectivity index (χ0n) is 13.4. The third-order valence-corrected chi connectivity index (χ3v) is 3.50. The summed E-state index contributed by atoms with van der Waals surface area (Å²) in [6.07, 6.45) is -0.151. The number of hydrogen-bond acceptors (Lipinski definition) is 4. The average Bonchev–Trinajstić information content (AvgIpc) is 2.45. The number of aryl methyl sites for hydroxylation is 1. The minimum absolute atomic E-state index is 0.151. The average molecular weight is 298 g/mol. The lowest BCUT2D eigenvalue weighted by Gasteiger charge is -2.14. The van der Waals surface area contributed by atoms with Gasteiger partial charge in [0.15, 0.2) is 0 Å². The summed E-state index contributed by atoms with van der Waals surface area (Å²) in [7, 11) is 0. The lowest BCUT2D eigenvalue weighted by atomic mass is 10.1. The van der Waals surface area contributed by atoms with E-state index in [-0.39, 0.29) is 12.1 Å². The summed E-state index contributed by atoms with van der Waals surface area (Å²) in [6, 6.07) is 11.2. The molecule has 0 heterocycles. The van der Waals surface area contributed by atoms with E-state index in [0.717, 1.165) is 11.4 Å². The molecule has 0 aromatic heterocycles. The van der Waals surface area contributed by atoms with Crippen LogP contribution in [0, 0.1) is 13.8 Å². The van der Waals surface area contributed by atoms with Crippen LogP contribution < -0.4 is 11.1 Å². The first-order valence-electron chi connectivity index (χ1n) is 7.32. The summed E-state index contributed by atoms with van der Waals surface area (Å²) < 4.78 is 5.17. The van der Waals surface area contributed by atoms with Gasteiger partial charge in [-0.2, -0.15) is 0 Å². The van der Waals surface area contributed by atoms with Crippen molar-refractivity contribution in [1.82, 2.24) is 0 Å². The molecule has 0 spiro atoms. The number of ether oxygens (including phenoxy) is 1. The first-order chi connectivity index (χ1) is 10.4. The fourth-order valence-corrected chi connectivity index (χ4v) is 2.12. The molecular formula is C18H22N2O2. The summed E-state index contributed by atoms with van der Waals surface area (Å²) in [5.74, 6) is -0.361. The molecule has 2 aromatic rings. The van der Waals surface area contributed by atoms with Gasteiger partial charge in [0.05, 0.1) is 23.0 Å². The fraction of sp³-hybridized carbons (Fsp3) is 0.278. The second-order valence-corrected chi connectivity index (χ2v) is 5.63. The quantitative estimate of drug-likeness (QED) is 0.656. The summed E-state index contributed by atoms with van der Waals surface area (Å²) >= 11 is 0. The van der Waals surface area contributed by atoms with Crippen molar-refractivity contribution in [1.29, 1.82) is 0 Å². The smallest absolute Gasteiger partial charge is 0.338 e. The minimum atomic E-state index is -0.361. The zero-order chi connectivity index (χ0) is 16.3. The topological polar surface area (TPSA) is 64.3 Å². The molecule has 0 atom stereocenters. The number of rotatable bonds is 4. The molecule has 0 fully saturated rings. The van der Waals surface area contributed by atoms with Crippen molar-refractivity contribution in [3.8, 4) is 0 Å². The van der Waals surface area contributed by atoms with Crippen molar-refractivity contribution >= 4 is 23.0 Å². The molecule has 0 saturated carbocycles. The van der Waals surface area contributed by atoms with Crippen LogP contribution >= 0.6 is 0 Å². The maximum Gasteiger partial charge on any atom is 0.338 e. The van der Waals surface area contributed by atoms with E-state index in [4.69, 9.17) is 10.5 Å².